The monoisotopic (exact) mass is 549 g/mol. The van der Waals surface area contributed by atoms with E-state index in [1.165, 1.54) is 4.90 Å². The third-order valence-electron chi connectivity index (χ3n) is 7.40. The molecular weight excluding hydrogens is 513 g/mol. The Morgan fingerprint density at radius 1 is 1.32 bits per heavy atom. The molecule has 1 atom stereocenters. The number of aliphatic hydroxyl groups excluding tert-OH is 1. The number of nitriles is 1. The second-order valence-corrected chi connectivity index (χ2v) is 11.7. The molecule has 1 aromatic carbocycles. The van der Waals surface area contributed by atoms with Crippen LogP contribution in [-0.2, 0) is 16.8 Å². The molecule has 212 valence electrons. The van der Waals surface area contributed by atoms with Crippen LogP contribution >= 0.6 is 0 Å². The fraction of sp³-hybridized carbons (Fsp3) is 0.500. The Labute approximate surface area is 234 Å². The lowest BCUT2D eigenvalue weighted by Gasteiger charge is -2.41. The molecule has 1 saturated heterocycles. The number of ether oxygens (including phenoxy) is 2. The number of likely N-dealkylation sites (tertiary alicyclic amines) is 1. The minimum Gasteiger partial charge on any atom is -0.444 e. The van der Waals surface area contributed by atoms with Gasteiger partial charge in [-0.25, -0.2) is 9.18 Å². The number of amides is 1. The second-order valence-electron chi connectivity index (χ2n) is 11.7. The molecule has 9 nitrogen and oxygen atoms in total. The minimum absolute atomic E-state index is 0.0447. The number of allylic oxidation sites excluding steroid dienone is 1. The smallest absolute Gasteiger partial charge is 0.410 e. The molecular formula is C30H36FN5O4. The lowest BCUT2D eigenvalue weighted by molar-refractivity contribution is 0.0117. The van der Waals surface area contributed by atoms with Crippen LogP contribution in [0.2, 0.25) is 0 Å². The SMILES string of the molecule is Cc1[nH]nc2c1C(c1cc(C#CC3(F)CCN(C(=O)OC(C)(C)C)CC3)cc(CO)c1)(C(C)C)C(C#N)=C(N)O2. The van der Waals surface area contributed by atoms with Gasteiger partial charge in [0.15, 0.2) is 5.67 Å². The first-order valence-electron chi connectivity index (χ1n) is 13.3. The first-order chi connectivity index (χ1) is 18.7. The van der Waals surface area contributed by atoms with E-state index in [1.807, 2.05) is 26.8 Å². The summed E-state index contributed by atoms with van der Waals surface area (Å²) in [5.74, 6) is 5.81. The van der Waals surface area contributed by atoms with Crippen LogP contribution in [-0.4, -0.2) is 50.7 Å². The number of carbonyl (C=O) groups is 1. The number of halogens is 1. The van der Waals surface area contributed by atoms with Crippen molar-refractivity contribution in [3.05, 3.63) is 57.6 Å². The maximum atomic E-state index is 15.8. The number of alkyl halides is 1. The average Bonchev–Trinajstić information content (AvgIpc) is 3.25. The van der Waals surface area contributed by atoms with Crippen LogP contribution in [0.15, 0.2) is 29.7 Å². The summed E-state index contributed by atoms with van der Waals surface area (Å²) in [6.45, 7) is 11.3. The van der Waals surface area contributed by atoms with Gasteiger partial charge in [0.25, 0.3) is 0 Å². The van der Waals surface area contributed by atoms with Crippen molar-refractivity contribution in [2.24, 2.45) is 11.7 Å². The number of rotatable bonds is 3. The molecule has 2 aliphatic heterocycles. The summed E-state index contributed by atoms with van der Waals surface area (Å²) in [6, 6.07) is 7.55. The van der Waals surface area contributed by atoms with Crippen LogP contribution in [0.5, 0.6) is 5.88 Å². The molecule has 0 bridgehead atoms. The summed E-state index contributed by atoms with van der Waals surface area (Å²) in [6.07, 6.45) is -0.365. The van der Waals surface area contributed by atoms with Crippen LogP contribution in [0, 0.1) is 36.0 Å². The van der Waals surface area contributed by atoms with Gasteiger partial charge in [-0.05, 0) is 56.9 Å². The van der Waals surface area contributed by atoms with E-state index in [4.69, 9.17) is 15.2 Å². The average molecular weight is 550 g/mol. The molecule has 1 amide bonds. The number of carbonyl (C=O) groups excluding carboxylic acids is 1. The predicted octanol–water partition coefficient (Wildman–Crippen LogP) is 4.33. The third kappa shape index (κ3) is 5.24. The van der Waals surface area contributed by atoms with Crippen molar-refractivity contribution in [1.82, 2.24) is 15.1 Å². The number of nitrogens with zero attached hydrogens (tertiary/aromatic N) is 3. The summed E-state index contributed by atoms with van der Waals surface area (Å²) in [5.41, 5.74) is 6.09. The van der Waals surface area contributed by atoms with Crippen molar-refractivity contribution in [3.63, 3.8) is 0 Å². The molecule has 1 fully saturated rings. The van der Waals surface area contributed by atoms with E-state index in [0.29, 0.717) is 27.9 Å². The Kier molecular flexibility index (Phi) is 7.62. The molecule has 1 aromatic heterocycles. The first-order valence-corrected chi connectivity index (χ1v) is 13.3. The van der Waals surface area contributed by atoms with Crippen molar-refractivity contribution in [2.75, 3.05) is 13.1 Å². The van der Waals surface area contributed by atoms with Crippen LogP contribution < -0.4 is 10.5 Å². The van der Waals surface area contributed by atoms with Gasteiger partial charge in [0, 0.05) is 37.2 Å². The Bertz CT molecular complexity index is 1440. The second kappa shape index (κ2) is 10.5. The number of aromatic nitrogens is 2. The number of nitrogens with two attached hydrogens (primary N) is 1. The van der Waals surface area contributed by atoms with Gasteiger partial charge in [-0.2, -0.15) is 5.26 Å². The van der Waals surface area contributed by atoms with Gasteiger partial charge in [-0.15, -0.1) is 5.10 Å². The fourth-order valence-corrected chi connectivity index (χ4v) is 5.52. The molecule has 1 unspecified atom stereocenters. The molecule has 4 rings (SSSR count). The lowest BCUT2D eigenvalue weighted by atomic mass is 9.61. The van der Waals surface area contributed by atoms with Crippen LogP contribution in [0.25, 0.3) is 0 Å². The van der Waals surface area contributed by atoms with Crippen molar-refractivity contribution in [2.45, 2.75) is 77.7 Å². The number of hydrogen-bond acceptors (Lipinski definition) is 7. The Hall–Kier alpha value is -4.02. The lowest BCUT2D eigenvalue weighted by Crippen LogP contribution is -2.45. The van der Waals surface area contributed by atoms with E-state index in [2.05, 4.69) is 28.1 Å². The molecule has 0 saturated carbocycles. The van der Waals surface area contributed by atoms with Crippen molar-refractivity contribution in [3.8, 4) is 23.8 Å². The van der Waals surface area contributed by atoms with Gasteiger partial charge in [0.1, 0.15) is 17.2 Å². The maximum Gasteiger partial charge on any atom is 0.410 e. The fourth-order valence-electron chi connectivity index (χ4n) is 5.52. The highest BCUT2D eigenvalue weighted by molar-refractivity contribution is 5.68. The molecule has 4 N–H and O–H groups in total. The molecule has 10 heteroatoms. The van der Waals surface area contributed by atoms with Crippen LogP contribution in [0.3, 0.4) is 0 Å². The zero-order valence-corrected chi connectivity index (χ0v) is 23.8. The zero-order chi connectivity index (χ0) is 29.5. The van der Waals surface area contributed by atoms with Crippen molar-refractivity contribution >= 4 is 6.09 Å². The number of nitrogens with one attached hydrogen (secondary N) is 1. The van der Waals surface area contributed by atoms with E-state index in [9.17, 15) is 15.2 Å². The summed E-state index contributed by atoms with van der Waals surface area (Å²) in [4.78, 5) is 13.9. The number of hydrogen-bond donors (Lipinski definition) is 3. The molecule has 2 aromatic rings. The third-order valence-corrected chi connectivity index (χ3v) is 7.40. The van der Waals surface area contributed by atoms with Gasteiger partial charge in [0.2, 0.25) is 11.8 Å². The summed E-state index contributed by atoms with van der Waals surface area (Å²) >= 11 is 0. The highest BCUT2D eigenvalue weighted by atomic mass is 19.1. The van der Waals surface area contributed by atoms with Gasteiger partial charge < -0.3 is 25.2 Å². The van der Waals surface area contributed by atoms with Gasteiger partial charge >= 0.3 is 6.09 Å². The Morgan fingerprint density at radius 2 is 2.00 bits per heavy atom. The normalized spacial score (nSPS) is 20.2. The summed E-state index contributed by atoms with van der Waals surface area (Å²) < 4.78 is 26.8. The molecule has 0 radical (unpaired) electrons. The number of benzene rings is 1. The first kappa shape index (κ1) is 29.0. The van der Waals surface area contributed by atoms with Gasteiger partial charge in [0.05, 0.1) is 17.6 Å². The standard InChI is InChI=1S/C30H36FN5O4/c1-18(2)30(23(16-32)25(33)39-26-24(30)19(3)34-35-26)22-14-20(13-21(15-22)17-37)7-8-29(31)9-11-36(12-10-29)27(38)40-28(4,5)6/h13-15,18,37H,9-12,17,33H2,1-6H3,(H,34,35). The molecule has 2 aliphatic rings. The van der Waals surface area contributed by atoms with Gasteiger partial charge in [-0.3, -0.25) is 5.10 Å². The largest absolute Gasteiger partial charge is 0.444 e. The van der Waals surface area contributed by atoms with Crippen molar-refractivity contribution < 1.29 is 23.8 Å². The number of H-pyrrole nitrogens is 1. The molecule has 0 aliphatic carbocycles. The summed E-state index contributed by atoms with van der Waals surface area (Å²) in [7, 11) is 0. The molecule has 40 heavy (non-hydrogen) atoms. The number of fused-ring (bicyclic) bond motifs is 1. The summed E-state index contributed by atoms with van der Waals surface area (Å²) in [5, 5.41) is 27.5. The van der Waals surface area contributed by atoms with E-state index >= 15 is 4.39 Å². The van der Waals surface area contributed by atoms with Crippen LogP contribution in [0.1, 0.15) is 75.4 Å². The topological polar surface area (TPSA) is 137 Å². The van der Waals surface area contributed by atoms with E-state index < -0.39 is 22.8 Å². The van der Waals surface area contributed by atoms with Gasteiger partial charge in [-0.1, -0.05) is 31.8 Å². The number of aryl methyl sites for hydroxylation is 1. The Morgan fingerprint density at radius 3 is 2.58 bits per heavy atom. The number of aliphatic hydroxyl groups is 1. The number of aromatic amines is 1. The highest BCUT2D eigenvalue weighted by Crippen LogP contribution is 2.52. The quantitative estimate of drug-likeness (QED) is 0.485. The number of piperidine rings is 1. The predicted molar refractivity (Wildman–Crippen MR) is 147 cm³/mol. The highest BCUT2D eigenvalue weighted by Gasteiger charge is 2.50. The maximum absolute atomic E-state index is 15.8. The Balaban J connectivity index is 1.73. The zero-order valence-electron chi connectivity index (χ0n) is 23.8. The minimum atomic E-state index is -1.79. The van der Waals surface area contributed by atoms with E-state index in [-0.39, 0.29) is 55.8 Å². The van der Waals surface area contributed by atoms with Crippen LogP contribution in [0.4, 0.5) is 9.18 Å². The van der Waals surface area contributed by atoms with Crippen molar-refractivity contribution in [1.29, 1.82) is 5.26 Å². The van der Waals surface area contributed by atoms with E-state index in [0.717, 1.165) is 0 Å². The molecule has 3 heterocycles. The molecule has 0 spiro atoms. The van der Waals surface area contributed by atoms with E-state index in [1.54, 1.807) is 32.9 Å².